The Labute approximate surface area is 162 Å². The van der Waals surface area contributed by atoms with Crippen molar-refractivity contribution in [3.63, 3.8) is 0 Å². The van der Waals surface area contributed by atoms with Crippen LogP contribution in [-0.4, -0.2) is 27.0 Å². The number of aryl methyl sites for hydroxylation is 1. The lowest BCUT2D eigenvalue weighted by atomic mass is 10.2. The Morgan fingerprint density at radius 3 is 2.52 bits per heavy atom. The minimum atomic E-state index is -0.273. The highest BCUT2D eigenvalue weighted by Crippen LogP contribution is 2.19. The van der Waals surface area contributed by atoms with Crippen LogP contribution in [0.2, 0.25) is 0 Å². The third kappa shape index (κ3) is 5.37. The molecule has 1 aromatic heterocycles. The number of benzene rings is 2. The van der Waals surface area contributed by atoms with Gasteiger partial charge in [0.1, 0.15) is 5.75 Å². The van der Waals surface area contributed by atoms with E-state index in [9.17, 15) is 9.90 Å². The van der Waals surface area contributed by atoms with Crippen LogP contribution in [-0.2, 0) is 13.0 Å². The third-order valence-electron chi connectivity index (χ3n) is 4.06. The second kappa shape index (κ2) is 9.28. The summed E-state index contributed by atoms with van der Waals surface area (Å²) < 4.78 is 7.31. The molecule has 0 aliphatic carbocycles. The zero-order valence-electron chi connectivity index (χ0n) is 15.2. The van der Waals surface area contributed by atoms with Crippen molar-refractivity contribution in [2.24, 2.45) is 0 Å². The molecule has 3 rings (SSSR count). The fraction of sp³-hybridized carbons (Fsp3) is 0.238. The standard InChI is InChI=1S/C21H22N2O3S/c1-2-16-8-10-18(11-9-16)26-12-13-27-21-22-19(24)14-20(25)23(21)15-17-6-4-3-5-7-17/h3-11,14,24H,2,12-13,15H2,1H3. The molecule has 1 N–H and O–H groups in total. The Balaban J connectivity index is 1.64. The molecule has 0 aliphatic heterocycles. The minimum Gasteiger partial charge on any atom is -0.493 e. The van der Waals surface area contributed by atoms with Gasteiger partial charge in [-0.1, -0.05) is 61.2 Å². The van der Waals surface area contributed by atoms with Crippen molar-refractivity contribution in [2.45, 2.75) is 25.0 Å². The molecule has 0 bridgehead atoms. The molecule has 0 amide bonds. The van der Waals surface area contributed by atoms with Crippen molar-refractivity contribution in [2.75, 3.05) is 12.4 Å². The summed E-state index contributed by atoms with van der Waals surface area (Å²) >= 11 is 1.39. The maximum atomic E-state index is 12.3. The second-order valence-corrected chi connectivity index (χ2v) is 7.06. The molecule has 3 aromatic rings. The molecule has 0 fully saturated rings. The van der Waals surface area contributed by atoms with E-state index >= 15 is 0 Å². The SMILES string of the molecule is CCc1ccc(OCCSc2nc(O)cc(=O)n2Cc2ccccc2)cc1. The molecular formula is C21H22N2O3S. The number of ether oxygens (including phenoxy) is 1. The van der Waals surface area contributed by atoms with E-state index in [2.05, 4.69) is 24.0 Å². The molecule has 6 heteroatoms. The Morgan fingerprint density at radius 1 is 1.07 bits per heavy atom. The van der Waals surface area contributed by atoms with Gasteiger partial charge < -0.3 is 9.84 Å². The Bertz CT molecular complexity index is 924. The van der Waals surface area contributed by atoms with Crippen LogP contribution in [0.3, 0.4) is 0 Å². The zero-order valence-corrected chi connectivity index (χ0v) is 16.0. The van der Waals surface area contributed by atoms with Crippen LogP contribution in [0.5, 0.6) is 11.6 Å². The summed E-state index contributed by atoms with van der Waals surface area (Å²) in [5.74, 6) is 1.17. The van der Waals surface area contributed by atoms with Gasteiger partial charge in [-0.2, -0.15) is 4.98 Å². The molecule has 140 valence electrons. The van der Waals surface area contributed by atoms with E-state index in [-0.39, 0.29) is 11.4 Å². The quantitative estimate of drug-likeness (QED) is 0.365. The molecule has 0 aliphatic rings. The Kier molecular flexibility index (Phi) is 6.54. The third-order valence-corrected chi connectivity index (χ3v) is 5.00. The van der Waals surface area contributed by atoms with E-state index in [4.69, 9.17) is 4.74 Å². The fourth-order valence-electron chi connectivity index (χ4n) is 2.61. The van der Waals surface area contributed by atoms with E-state index in [0.717, 1.165) is 23.8 Å². The summed E-state index contributed by atoms with van der Waals surface area (Å²) in [5.41, 5.74) is 2.00. The smallest absolute Gasteiger partial charge is 0.258 e. The number of hydrogen-bond acceptors (Lipinski definition) is 5. The molecule has 0 spiro atoms. The van der Waals surface area contributed by atoms with Crippen LogP contribution in [0.15, 0.2) is 70.6 Å². The van der Waals surface area contributed by atoms with E-state index in [0.29, 0.717) is 24.1 Å². The molecule has 1 heterocycles. The highest BCUT2D eigenvalue weighted by Gasteiger charge is 2.10. The van der Waals surface area contributed by atoms with Crippen molar-refractivity contribution >= 4 is 11.8 Å². The van der Waals surface area contributed by atoms with E-state index in [1.807, 2.05) is 42.5 Å². The number of aromatic hydroxyl groups is 1. The highest BCUT2D eigenvalue weighted by atomic mass is 32.2. The zero-order chi connectivity index (χ0) is 19.1. The predicted octanol–water partition coefficient (Wildman–Crippen LogP) is 3.73. The van der Waals surface area contributed by atoms with Crippen LogP contribution in [0.4, 0.5) is 0 Å². The summed E-state index contributed by atoms with van der Waals surface area (Å²) in [5, 5.41) is 10.2. The number of hydrogen-bond donors (Lipinski definition) is 1. The molecule has 0 atom stereocenters. The number of aromatic nitrogens is 2. The highest BCUT2D eigenvalue weighted by molar-refractivity contribution is 7.99. The van der Waals surface area contributed by atoms with Gasteiger partial charge in [0.15, 0.2) is 5.16 Å². The van der Waals surface area contributed by atoms with Gasteiger partial charge in [0.25, 0.3) is 5.56 Å². The van der Waals surface area contributed by atoms with E-state index < -0.39 is 0 Å². The van der Waals surface area contributed by atoms with Crippen LogP contribution >= 0.6 is 11.8 Å². The van der Waals surface area contributed by atoms with Crippen LogP contribution < -0.4 is 10.3 Å². The van der Waals surface area contributed by atoms with Crippen LogP contribution in [0, 0.1) is 0 Å². The molecule has 2 aromatic carbocycles. The first-order valence-electron chi connectivity index (χ1n) is 8.85. The summed E-state index contributed by atoms with van der Waals surface area (Å²) in [6.45, 7) is 3.01. The topological polar surface area (TPSA) is 64.3 Å². The average molecular weight is 382 g/mol. The molecule has 5 nitrogen and oxygen atoms in total. The minimum absolute atomic E-state index is 0.261. The first-order valence-corrected chi connectivity index (χ1v) is 9.83. The van der Waals surface area contributed by atoms with Gasteiger partial charge in [-0.05, 0) is 29.7 Å². The van der Waals surface area contributed by atoms with Crippen molar-refractivity contribution < 1.29 is 9.84 Å². The van der Waals surface area contributed by atoms with Gasteiger partial charge in [-0.3, -0.25) is 9.36 Å². The lowest BCUT2D eigenvalue weighted by molar-refractivity contribution is 0.343. The van der Waals surface area contributed by atoms with Crippen molar-refractivity contribution in [1.29, 1.82) is 0 Å². The van der Waals surface area contributed by atoms with E-state index in [1.54, 1.807) is 4.57 Å². The summed E-state index contributed by atoms with van der Waals surface area (Å²) in [6, 6.07) is 18.9. The number of nitrogens with zero attached hydrogens (tertiary/aromatic N) is 2. The predicted molar refractivity (Wildman–Crippen MR) is 108 cm³/mol. The average Bonchev–Trinajstić information content (AvgIpc) is 2.69. The summed E-state index contributed by atoms with van der Waals surface area (Å²) in [7, 11) is 0. The molecule has 0 saturated carbocycles. The Morgan fingerprint density at radius 2 is 1.81 bits per heavy atom. The van der Waals surface area contributed by atoms with Gasteiger partial charge in [-0.15, -0.1) is 0 Å². The normalized spacial score (nSPS) is 10.7. The molecule has 27 heavy (non-hydrogen) atoms. The van der Waals surface area contributed by atoms with Gasteiger partial charge in [0, 0.05) is 5.75 Å². The van der Waals surface area contributed by atoms with Crippen LogP contribution in [0.1, 0.15) is 18.1 Å². The maximum Gasteiger partial charge on any atom is 0.258 e. The van der Waals surface area contributed by atoms with Gasteiger partial charge in [0.05, 0.1) is 19.2 Å². The van der Waals surface area contributed by atoms with E-state index in [1.165, 1.54) is 17.3 Å². The largest absolute Gasteiger partial charge is 0.493 e. The second-order valence-electron chi connectivity index (χ2n) is 6.00. The lowest BCUT2D eigenvalue weighted by Crippen LogP contribution is -2.22. The number of rotatable bonds is 8. The van der Waals surface area contributed by atoms with Crippen molar-refractivity contribution in [3.8, 4) is 11.6 Å². The lowest BCUT2D eigenvalue weighted by Gasteiger charge is -2.12. The summed E-state index contributed by atoms with van der Waals surface area (Å²) in [6.07, 6.45) is 0.998. The van der Waals surface area contributed by atoms with Gasteiger partial charge >= 0.3 is 0 Å². The van der Waals surface area contributed by atoms with Crippen molar-refractivity contribution in [1.82, 2.24) is 9.55 Å². The molecule has 0 unspecified atom stereocenters. The monoisotopic (exact) mass is 382 g/mol. The fourth-order valence-corrected chi connectivity index (χ4v) is 3.43. The summed E-state index contributed by atoms with van der Waals surface area (Å²) in [4.78, 5) is 16.4. The first-order chi connectivity index (χ1) is 13.2. The molecule has 0 saturated heterocycles. The first kappa shape index (κ1) is 19.0. The van der Waals surface area contributed by atoms with Crippen molar-refractivity contribution in [3.05, 3.63) is 82.1 Å². The Hall–Kier alpha value is -2.73. The molecular weight excluding hydrogens is 360 g/mol. The number of thioether (sulfide) groups is 1. The van der Waals surface area contributed by atoms with Gasteiger partial charge in [-0.25, -0.2) is 0 Å². The van der Waals surface area contributed by atoms with Crippen LogP contribution in [0.25, 0.3) is 0 Å². The molecule has 0 radical (unpaired) electrons. The maximum absolute atomic E-state index is 12.3. The van der Waals surface area contributed by atoms with Gasteiger partial charge in [0.2, 0.25) is 5.88 Å².